The molecule has 3 rings (SSSR count). The van der Waals surface area contributed by atoms with Crippen LogP contribution >= 0.6 is 23.2 Å². The molecular formula is C31H37Cl2N3O4S. The fourth-order valence-corrected chi connectivity index (χ4v) is 6.47. The van der Waals surface area contributed by atoms with E-state index in [1.807, 2.05) is 40.7 Å². The van der Waals surface area contributed by atoms with Crippen LogP contribution in [0, 0.1) is 13.8 Å². The Hall–Kier alpha value is -3.07. The summed E-state index contributed by atoms with van der Waals surface area (Å²) in [6.07, 6.45) is 0.282. The van der Waals surface area contributed by atoms with E-state index in [4.69, 9.17) is 23.2 Å². The van der Waals surface area contributed by atoms with Gasteiger partial charge in [0.2, 0.25) is 11.8 Å². The zero-order chi connectivity index (χ0) is 30.5. The molecule has 7 nitrogen and oxygen atoms in total. The molecule has 0 bridgehead atoms. The van der Waals surface area contributed by atoms with E-state index in [1.165, 1.54) is 17.0 Å². The first-order valence-electron chi connectivity index (χ1n) is 13.4. The summed E-state index contributed by atoms with van der Waals surface area (Å²) >= 11 is 13.0. The van der Waals surface area contributed by atoms with Gasteiger partial charge < -0.3 is 10.2 Å². The van der Waals surface area contributed by atoms with E-state index in [9.17, 15) is 18.0 Å². The van der Waals surface area contributed by atoms with Crippen molar-refractivity contribution in [2.24, 2.45) is 0 Å². The molecule has 220 valence electrons. The van der Waals surface area contributed by atoms with Gasteiger partial charge in [0.15, 0.2) is 0 Å². The maximum absolute atomic E-state index is 14.3. The van der Waals surface area contributed by atoms with Gasteiger partial charge in [-0.25, -0.2) is 8.42 Å². The van der Waals surface area contributed by atoms with E-state index >= 15 is 0 Å². The molecule has 1 atom stereocenters. The SMILES string of the molecule is CC[C@H](C(=O)NC(C)(C)C)N(Cc1c(Cl)cccc1Cl)C(=O)CN(c1cccc(C)c1C)S(=O)(=O)c1ccccc1. The molecule has 0 spiro atoms. The quantitative estimate of drug-likeness (QED) is 0.280. The number of aryl methyl sites for hydroxylation is 1. The van der Waals surface area contributed by atoms with Crippen LogP contribution in [0.5, 0.6) is 0 Å². The van der Waals surface area contributed by atoms with Crippen LogP contribution < -0.4 is 9.62 Å². The van der Waals surface area contributed by atoms with Gasteiger partial charge in [0.25, 0.3) is 10.0 Å². The first kappa shape index (κ1) is 32.4. The Bertz CT molecular complexity index is 1490. The average Bonchev–Trinajstić information content (AvgIpc) is 2.90. The largest absolute Gasteiger partial charge is 0.350 e. The van der Waals surface area contributed by atoms with Crippen molar-refractivity contribution in [2.45, 2.75) is 71.0 Å². The summed E-state index contributed by atoms with van der Waals surface area (Å²) in [7, 11) is -4.16. The number of anilines is 1. The highest BCUT2D eigenvalue weighted by Gasteiger charge is 2.35. The molecule has 2 amide bonds. The van der Waals surface area contributed by atoms with Gasteiger partial charge >= 0.3 is 0 Å². The summed E-state index contributed by atoms with van der Waals surface area (Å²) in [5.41, 5.74) is 1.89. The number of nitrogens with zero attached hydrogens (tertiary/aromatic N) is 2. The van der Waals surface area contributed by atoms with Gasteiger partial charge in [0.05, 0.1) is 10.6 Å². The lowest BCUT2D eigenvalue weighted by molar-refractivity contribution is -0.141. The molecule has 0 saturated carbocycles. The Balaban J connectivity index is 2.15. The van der Waals surface area contributed by atoms with Gasteiger partial charge in [-0.05, 0) is 82.5 Å². The lowest BCUT2D eigenvalue weighted by Gasteiger charge is -2.35. The molecule has 10 heteroatoms. The summed E-state index contributed by atoms with van der Waals surface area (Å²) in [4.78, 5) is 29.1. The van der Waals surface area contributed by atoms with E-state index in [1.54, 1.807) is 55.5 Å². The molecule has 3 aromatic carbocycles. The van der Waals surface area contributed by atoms with Gasteiger partial charge in [-0.15, -0.1) is 0 Å². The predicted octanol–water partition coefficient (Wildman–Crippen LogP) is 6.53. The fraction of sp³-hybridized carbons (Fsp3) is 0.355. The summed E-state index contributed by atoms with van der Waals surface area (Å²) in [5, 5.41) is 3.62. The normalized spacial score (nSPS) is 12.5. The third-order valence-electron chi connectivity index (χ3n) is 6.73. The Morgan fingerprint density at radius 1 is 0.902 bits per heavy atom. The minimum atomic E-state index is -4.16. The van der Waals surface area contributed by atoms with Crippen molar-refractivity contribution in [2.75, 3.05) is 10.8 Å². The van der Waals surface area contributed by atoms with Crippen LogP contribution in [0.4, 0.5) is 5.69 Å². The summed E-state index contributed by atoms with van der Waals surface area (Å²) in [6.45, 7) is 10.4. The van der Waals surface area contributed by atoms with Gasteiger partial charge in [-0.2, -0.15) is 0 Å². The number of benzene rings is 3. The first-order chi connectivity index (χ1) is 19.2. The standard InChI is InChI=1S/C31H37Cl2N3O4S/c1-7-27(30(38)34-31(4,5)6)35(19-24-25(32)16-12-17-26(24)33)29(37)20-36(28-18-11-13-21(2)22(28)3)41(39,40)23-14-9-8-10-15-23/h8-18,27H,7,19-20H2,1-6H3,(H,34,38)/t27-/m1/s1. The lowest BCUT2D eigenvalue weighted by Crippen LogP contribution is -2.55. The maximum Gasteiger partial charge on any atom is 0.264 e. The molecule has 41 heavy (non-hydrogen) atoms. The number of rotatable bonds is 10. The van der Waals surface area contributed by atoms with Crippen LogP contribution in [0.3, 0.4) is 0 Å². The number of carbonyl (C=O) groups excluding carboxylic acids is 2. The second kappa shape index (κ2) is 13.3. The van der Waals surface area contributed by atoms with Crippen LogP contribution in [0.25, 0.3) is 0 Å². The molecule has 3 aromatic rings. The highest BCUT2D eigenvalue weighted by Crippen LogP contribution is 2.31. The van der Waals surface area contributed by atoms with Crippen molar-refractivity contribution in [3.63, 3.8) is 0 Å². The molecule has 0 radical (unpaired) electrons. The topological polar surface area (TPSA) is 86.8 Å². The Labute approximate surface area is 253 Å². The maximum atomic E-state index is 14.3. The molecule has 0 aliphatic carbocycles. The second-order valence-electron chi connectivity index (χ2n) is 10.9. The molecule has 0 aliphatic rings. The van der Waals surface area contributed by atoms with E-state index in [2.05, 4.69) is 5.32 Å². The van der Waals surface area contributed by atoms with Crippen molar-refractivity contribution in [3.8, 4) is 0 Å². The van der Waals surface area contributed by atoms with Crippen molar-refractivity contribution in [3.05, 3.63) is 93.5 Å². The molecule has 0 aromatic heterocycles. The number of amides is 2. The van der Waals surface area contributed by atoms with Crippen LogP contribution in [-0.2, 0) is 26.2 Å². The average molecular weight is 619 g/mol. The van der Waals surface area contributed by atoms with Crippen molar-refractivity contribution < 1.29 is 18.0 Å². The van der Waals surface area contributed by atoms with Crippen molar-refractivity contribution in [1.29, 1.82) is 0 Å². The predicted molar refractivity (Wildman–Crippen MR) is 166 cm³/mol. The zero-order valence-electron chi connectivity index (χ0n) is 24.2. The highest BCUT2D eigenvalue weighted by molar-refractivity contribution is 7.92. The van der Waals surface area contributed by atoms with Crippen LogP contribution in [0.1, 0.15) is 50.8 Å². The van der Waals surface area contributed by atoms with Gasteiger partial charge in [0.1, 0.15) is 12.6 Å². The first-order valence-corrected chi connectivity index (χ1v) is 15.5. The number of hydrogen-bond acceptors (Lipinski definition) is 4. The molecule has 0 unspecified atom stereocenters. The molecular weight excluding hydrogens is 581 g/mol. The number of hydrogen-bond donors (Lipinski definition) is 1. The van der Waals surface area contributed by atoms with E-state index in [0.29, 0.717) is 21.3 Å². The molecule has 0 fully saturated rings. The number of sulfonamides is 1. The monoisotopic (exact) mass is 617 g/mol. The van der Waals surface area contributed by atoms with E-state index in [0.717, 1.165) is 15.4 Å². The number of halogens is 2. The zero-order valence-corrected chi connectivity index (χ0v) is 26.6. The third kappa shape index (κ3) is 7.82. The summed E-state index contributed by atoms with van der Waals surface area (Å²) in [6, 6.07) is 17.4. The minimum absolute atomic E-state index is 0.0481. The third-order valence-corrected chi connectivity index (χ3v) is 9.21. The molecule has 0 aliphatic heterocycles. The van der Waals surface area contributed by atoms with Crippen molar-refractivity contribution >= 4 is 50.7 Å². The number of nitrogens with one attached hydrogen (secondary N) is 1. The molecule has 0 saturated heterocycles. The second-order valence-corrected chi connectivity index (χ2v) is 13.6. The van der Waals surface area contributed by atoms with Gasteiger partial charge in [-0.1, -0.05) is 66.5 Å². The lowest BCUT2D eigenvalue weighted by atomic mass is 10.1. The van der Waals surface area contributed by atoms with Crippen LogP contribution in [0.15, 0.2) is 71.6 Å². The van der Waals surface area contributed by atoms with E-state index in [-0.39, 0.29) is 23.8 Å². The van der Waals surface area contributed by atoms with Crippen molar-refractivity contribution in [1.82, 2.24) is 10.2 Å². The summed E-state index contributed by atoms with van der Waals surface area (Å²) < 4.78 is 29.1. The fourth-order valence-electron chi connectivity index (χ4n) is 4.46. The minimum Gasteiger partial charge on any atom is -0.350 e. The Morgan fingerprint density at radius 2 is 1.49 bits per heavy atom. The van der Waals surface area contributed by atoms with Gasteiger partial charge in [0, 0.05) is 27.7 Å². The smallest absolute Gasteiger partial charge is 0.264 e. The van der Waals surface area contributed by atoms with Gasteiger partial charge in [-0.3, -0.25) is 13.9 Å². The van der Waals surface area contributed by atoms with E-state index < -0.39 is 34.1 Å². The highest BCUT2D eigenvalue weighted by atomic mass is 35.5. The molecule has 1 N–H and O–H groups in total. The molecule has 0 heterocycles. The van der Waals surface area contributed by atoms with Crippen LogP contribution in [-0.4, -0.2) is 43.3 Å². The Kier molecular flexibility index (Phi) is 10.5. The van der Waals surface area contributed by atoms with Crippen LogP contribution in [0.2, 0.25) is 10.0 Å². The number of carbonyl (C=O) groups is 2. The summed E-state index contributed by atoms with van der Waals surface area (Å²) in [5.74, 6) is -0.932. The Morgan fingerprint density at radius 3 is 2.05 bits per heavy atom.